The first kappa shape index (κ1) is 53.0. The number of hydrogen-bond acceptors (Lipinski definition) is 14. The number of allylic oxidation sites excluding steroid dienone is 1. The highest BCUT2D eigenvalue weighted by Gasteiger charge is 2.65. The number of unbranched alkanes of at least 4 members (excludes halogenated alkanes) is 2. The molecule has 5 aromatic rings. The van der Waals surface area contributed by atoms with Crippen molar-refractivity contribution in [1.82, 2.24) is 4.90 Å². The Bertz CT molecular complexity index is 2850. The predicted octanol–water partition coefficient (Wildman–Crippen LogP) is 9.83. The molecule has 1 aliphatic heterocycles. The summed E-state index contributed by atoms with van der Waals surface area (Å²) >= 11 is 0. The number of hydrogen-bond donors (Lipinski definition) is 3. The molecular formula is C57H62N4O13. The van der Waals surface area contributed by atoms with Gasteiger partial charge in [-0.3, -0.25) is 25.0 Å². The summed E-state index contributed by atoms with van der Waals surface area (Å²) in [6.45, 7) is 3.88. The third kappa shape index (κ3) is 12.2. The minimum Gasteiger partial charge on any atom is -0.459 e. The number of oxime groups is 1. The third-order valence-electron chi connectivity index (χ3n) is 14.0. The molecule has 1 heterocycles. The zero-order valence-electron chi connectivity index (χ0n) is 41.1. The molecule has 1 saturated carbocycles. The second-order valence-corrected chi connectivity index (χ2v) is 18.6. The molecule has 0 saturated heterocycles. The fourth-order valence-electron chi connectivity index (χ4n) is 10.7. The van der Waals surface area contributed by atoms with E-state index >= 15 is 4.79 Å². The molecule has 388 valence electrons. The van der Waals surface area contributed by atoms with Gasteiger partial charge in [0.2, 0.25) is 11.7 Å². The number of non-ortho nitro benzene ring substituents is 2. The summed E-state index contributed by atoms with van der Waals surface area (Å²) in [5, 5.41) is 59.7. The molecule has 3 aliphatic rings. The van der Waals surface area contributed by atoms with Gasteiger partial charge in [-0.25, -0.2) is 0 Å². The van der Waals surface area contributed by atoms with Crippen LogP contribution in [0.4, 0.5) is 11.4 Å². The number of carbonyl (C=O) groups is 1. The largest absolute Gasteiger partial charge is 0.459 e. The summed E-state index contributed by atoms with van der Waals surface area (Å²) in [7, 11) is 0. The summed E-state index contributed by atoms with van der Waals surface area (Å²) in [5.41, 5.74) is 3.19. The van der Waals surface area contributed by atoms with Crippen LogP contribution in [0.1, 0.15) is 67.6 Å². The molecule has 0 aromatic heterocycles. The number of nitro groups is 2. The molecule has 17 heteroatoms. The van der Waals surface area contributed by atoms with Crippen molar-refractivity contribution in [1.29, 1.82) is 0 Å². The van der Waals surface area contributed by atoms with Gasteiger partial charge in [0.25, 0.3) is 11.4 Å². The molecule has 8 rings (SSSR count). The van der Waals surface area contributed by atoms with Crippen molar-refractivity contribution >= 4 is 39.8 Å². The Morgan fingerprint density at radius 3 is 2.22 bits per heavy atom. The maximum Gasteiger partial charge on any atom is 0.269 e. The fourth-order valence-corrected chi connectivity index (χ4v) is 10.7. The number of benzene rings is 5. The first-order valence-electron chi connectivity index (χ1n) is 25.1. The van der Waals surface area contributed by atoms with Crippen LogP contribution in [0.5, 0.6) is 17.2 Å². The van der Waals surface area contributed by atoms with Crippen LogP contribution in [0.2, 0.25) is 0 Å². The van der Waals surface area contributed by atoms with E-state index in [4.69, 9.17) is 28.9 Å². The third-order valence-corrected chi connectivity index (χ3v) is 14.0. The van der Waals surface area contributed by atoms with Gasteiger partial charge in [-0.15, -0.1) is 6.58 Å². The van der Waals surface area contributed by atoms with Gasteiger partial charge in [-0.05, 0) is 126 Å². The lowest BCUT2D eigenvalue weighted by Gasteiger charge is -2.60. The number of rotatable bonds is 26. The maximum absolute atomic E-state index is 15.1. The van der Waals surface area contributed by atoms with E-state index in [1.54, 1.807) is 41.3 Å². The normalized spacial score (nSPS) is 21.3. The highest BCUT2D eigenvalue weighted by molar-refractivity contribution is 6.03. The molecule has 17 nitrogen and oxygen atoms in total. The maximum atomic E-state index is 15.1. The number of ether oxygens (including phenoxy) is 4. The molecule has 1 fully saturated rings. The quantitative estimate of drug-likeness (QED) is 0.0154. The van der Waals surface area contributed by atoms with Crippen LogP contribution in [0.3, 0.4) is 0 Å². The topological polar surface area (TPSA) is 226 Å². The number of fused-ring (bicyclic) bond motifs is 3. The second-order valence-electron chi connectivity index (χ2n) is 18.6. The molecule has 0 spiro atoms. The highest BCUT2D eigenvalue weighted by Crippen LogP contribution is 2.62. The SMILES string of the molecule is C=CCOC12Oc3ccc(Oc4ccc5ccccc5c4)cc3C3C(CCCCO)C(CCCCO)C=C(C(=NOCc4ccc([N+](=O)[O-])cc4)CC1N(CCOCCO)C(=O)C=Cc1ccc([N+](=O)[O-])cc1)C32. The van der Waals surface area contributed by atoms with Gasteiger partial charge in [0, 0.05) is 68.0 Å². The number of carbonyl (C=O) groups excluding carboxylic acids is 1. The van der Waals surface area contributed by atoms with E-state index in [1.807, 2.05) is 60.7 Å². The van der Waals surface area contributed by atoms with E-state index in [1.165, 1.54) is 30.3 Å². The van der Waals surface area contributed by atoms with E-state index < -0.39 is 33.5 Å². The molecule has 0 bridgehead atoms. The summed E-state index contributed by atoms with van der Waals surface area (Å²) < 4.78 is 27.0. The van der Waals surface area contributed by atoms with E-state index in [0.717, 1.165) is 34.8 Å². The molecule has 2 aliphatic carbocycles. The average Bonchev–Trinajstić information content (AvgIpc) is 3.45. The Balaban J connectivity index is 1.31. The van der Waals surface area contributed by atoms with Crippen LogP contribution in [0, 0.1) is 38.0 Å². The number of nitrogens with zero attached hydrogens (tertiary/aromatic N) is 4. The minimum atomic E-state index is -1.62. The molecule has 6 unspecified atom stereocenters. The van der Waals surface area contributed by atoms with Crippen molar-refractivity contribution < 1.29 is 53.7 Å². The molecule has 6 atom stereocenters. The zero-order chi connectivity index (χ0) is 52.0. The van der Waals surface area contributed by atoms with Crippen LogP contribution in [0.15, 0.2) is 145 Å². The number of aliphatic hydroxyl groups excluding tert-OH is 3. The number of amides is 1. The van der Waals surface area contributed by atoms with Gasteiger partial charge < -0.3 is 44.0 Å². The second kappa shape index (κ2) is 25.1. The standard InChI is InChI=1S/C57H62N4O13/c1-2-31-71-57-53(59(27-32-70-33-30-64)54(65)26-17-39-13-19-44(20-14-39)60(66)67)37-51(58-72-38-40-15-21-45(22-16-40)61(68)69)49-35-43(11-5-7-28-62)48(12-6-8-29-63)55(56(49)57)50-36-47(24-25-52(50)74-57)73-46-23-18-41-9-3-4-10-42(41)34-46/h2-4,9-10,13-26,34-36,43,48,53,55-56,62-64H,1,5-8,11-12,27-33,37-38H2. The van der Waals surface area contributed by atoms with Crippen LogP contribution in [-0.2, 0) is 25.7 Å². The lowest BCUT2D eigenvalue weighted by atomic mass is 9.55. The fraction of sp³-hybridized carbons (Fsp3) is 0.368. The van der Waals surface area contributed by atoms with Gasteiger partial charge in [0.05, 0.1) is 47.9 Å². The summed E-state index contributed by atoms with van der Waals surface area (Å²) in [6, 6.07) is 30.6. The van der Waals surface area contributed by atoms with Crippen molar-refractivity contribution in [3.63, 3.8) is 0 Å². The molecule has 5 aromatic carbocycles. The van der Waals surface area contributed by atoms with E-state index in [-0.39, 0.29) is 88.3 Å². The smallest absolute Gasteiger partial charge is 0.269 e. The van der Waals surface area contributed by atoms with E-state index in [9.17, 15) is 35.5 Å². The summed E-state index contributed by atoms with van der Waals surface area (Å²) in [4.78, 5) is 44.8. The van der Waals surface area contributed by atoms with Gasteiger partial charge in [0.1, 0.15) is 29.9 Å². The Kier molecular flexibility index (Phi) is 18.0. The van der Waals surface area contributed by atoms with Crippen molar-refractivity contribution in [2.24, 2.45) is 22.9 Å². The average molecular weight is 1010 g/mol. The molecule has 0 radical (unpaired) electrons. The van der Waals surface area contributed by atoms with Crippen molar-refractivity contribution in [3.05, 3.63) is 176 Å². The van der Waals surface area contributed by atoms with Crippen LogP contribution in [-0.4, -0.2) is 99.7 Å². The molecule has 1 amide bonds. The lowest BCUT2D eigenvalue weighted by molar-refractivity contribution is -0.385. The van der Waals surface area contributed by atoms with Gasteiger partial charge >= 0.3 is 0 Å². The Morgan fingerprint density at radius 2 is 1.51 bits per heavy atom. The van der Waals surface area contributed by atoms with Gasteiger partial charge in [-0.1, -0.05) is 60.5 Å². The van der Waals surface area contributed by atoms with Crippen molar-refractivity contribution in [2.75, 3.05) is 46.2 Å². The van der Waals surface area contributed by atoms with Crippen LogP contribution in [0.25, 0.3) is 16.8 Å². The van der Waals surface area contributed by atoms with Gasteiger partial charge in [-0.2, -0.15) is 0 Å². The molecule has 3 N–H and O–H groups in total. The highest BCUT2D eigenvalue weighted by atomic mass is 16.7. The van der Waals surface area contributed by atoms with E-state index in [2.05, 4.69) is 12.7 Å². The van der Waals surface area contributed by atoms with Crippen LogP contribution >= 0.6 is 0 Å². The van der Waals surface area contributed by atoms with Crippen molar-refractivity contribution in [3.8, 4) is 17.2 Å². The van der Waals surface area contributed by atoms with Gasteiger partial charge in [0.15, 0.2) is 0 Å². The van der Waals surface area contributed by atoms with Crippen molar-refractivity contribution in [2.45, 2.75) is 69.3 Å². The molecule has 74 heavy (non-hydrogen) atoms. The first-order chi connectivity index (χ1) is 36.1. The lowest BCUT2D eigenvalue weighted by Crippen LogP contribution is -2.70. The first-order valence-corrected chi connectivity index (χ1v) is 25.1. The molecular weight excluding hydrogens is 949 g/mol. The Hall–Kier alpha value is -7.28. The van der Waals surface area contributed by atoms with E-state index in [0.29, 0.717) is 59.8 Å². The van der Waals surface area contributed by atoms with Crippen LogP contribution < -0.4 is 9.47 Å². The number of aliphatic hydroxyl groups is 3. The Morgan fingerprint density at radius 1 is 0.824 bits per heavy atom. The monoisotopic (exact) mass is 1010 g/mol. The summed E-state index contributed by atoms with van der Waals surface area (Å²) in [6.07, 6.45) is 10.9. The Labute approximate surface area is 429 Å². The number of nitro benzene ring substituents is 2. The minimum absolute atomic E-state index is 0.0130. The predicted molar refractivity (Wildman–Crippen MR) is 279 cm³/mol. The zero-order valence-corrected chi connectivity index (χ0v) is 41.1. The summed E-state index contributed by atoms with van der Waals surface area (Å²) in [5.74, 6) is -1.51.